The van der Waals surface area contributed by atoms with E-state index >= 15 is 0 Å². The lowest BCUT2D eigenvalue weighted by Crippen LogP contribution is -2.28. The van der Waals surface area contributed by atoms with Crippen LogP contribution in [-0.4, -0.2) is 17.0 Å². The summed E-state index contributed by atoms with van der Waals surface area (Å²) < 4.78 is 26.8. The first-order chi connectivity index (χ1) is 12.8. The quantitative estimate of drug-likeness (QED) is 0.330. The molecule has 2 unspecified atom stereocenters. The van der Waals surface area contributed by atoms with E-state index < -0.39 is 11.4 Å². The number of hydrogen-bond acceptors (Lipinski definition) is 3. The lowest BCUT2D eigenvalue weighted by molar-refractivity contribution is 0.00274. The molecule has 6 heteroatoms. The normalized spacial score (nSPS) is 25.7. The van der Waals surface area contributed by atoms with Crippen molar-refractivity contribution in [1.29, 1.82) is 5.26 Å². The van der Waals surface area contributed by atoms with Gasteiger partial charge in [-0.1, -0.05) is 45.4 Å². The van der Waals surface area contributed by atoms with Crippen molar-refractivity contribution in [3.8, 4) is 11.8 Å². The van der Waals surface area contributed by atoms with Crippen LogP contribution < -0.4 is 4.74 Å². The Balaban J connectivity index is 2.54. The maximum absolute atomic E-state index is 13.8. The third kappa shape index (κ3) is 4.90. The Labute approximate surface area is 176 Å². The summed E-state index contributed by atoms with van der Waals surface area (Å²) in [5.74, 6) is 0.232. The van der Waals surface area contributed by atoms with Crippen LogP contribution in [0.4, 0.5) is 4.39 Å². The molecule has 0 radical (unpaired) electrons. The van der Waals surface area contributed by atoms with Gasteiger partial charge in [0, 0.05) is 28.6 Å². The molecule has 1 fully saturated rings. The molecule has 0 heterocycles. The number of allylic oxidation sites excluding steroid dienone is 2. The first-order valence-electron chi connectivity index (χ1n) is 8.66. The smallest absolute Gasteiger partial charge is 0.131 e. The monoisotopic (exact) mass is 497 g/mol. The van der Waals surface area contributed by atoms with Gasteiger partial charge in [0.15, 0.2) is 0 Å². The lowest BCUT2D eigenvalue weighted by atomic mass is 9.96. The Morgan fingerprint density at radius 3 is 2.74 bits per heavy atom. The first kappa shape index (κ1) is 21.9. The van der Waals surface area contributed by atoms with Gasteiger partial charge in [0.1, 0.15) is 17.3 Å². The predicted octanol–water partition coefficient (Wildman–Crippen LogP) is 6.54. The van der Waals surface area contributed by atoms with E-state index in [-0.39, 0.29) is 16.1 Å². The maximum Gasteiger partial charge on any atom is 0.131 e. The highest BCUT2D eigenvalue weighted by Crippen LogP contribution is 2.49. The van der Waals surface area contributed by atoms with E-state index in [0.717, 1.165) is 28.5 Å². The zero-order valence-electron chi connectivity index (χ0n) is 15.6. The molecule has 1 aliphatic carbocycles. The van der Waals surface area contributed by atoms with Crippen LogP contribution in [0.2, 0.25) is 0 Å². The van der Waals surface area contributed by atoms with Crippen LogP contribution in [0.25, 0.3) is 0 Å². The first-order valence-corrected chi connectivity index (χ1v) is 10.4. The second kappa shape index (κ2) is 9.18. The van der Waals surface area contributed by atoms with Crippen molar-refractivity contribution in [2.45, 2.75) is 44.0 Å². The van der Waals surface area contributed by atoms with Crippen LogP contribution in [0.1, 0.15) is 39.2 Å². The molecule has 0 spiro atoms. The van der Waals surface area contributed by atoms with E-state index in [1.807, 2.05) is 13.0 Å². The van der Waals surface area contributed by atoms with Crippen molar-refractivity contribution in [3.63, 3.8) is 0 Å². The van der Waals surface area contributed by atoms with Crippen molar-refractivity contribution in [2.24, 2.45) is 0 Å². The van der Waals surface area contributed by atoms with Gasteiger partial charge in [0.2, 0.25) is 0 Å². The number of benzene rings is 1. The van der Waals surface area contributed by atoms with Gasteiger partial charge in [-0.05, 0) is 49.4 Å². The zero-order chi connectivity index (χ0) is 20.2. The van der Waals surface area contributed by atoms with Gasteiger partial charge in [0.25, 0.3) is 0 Å². The van der Waals surface area contributed by atoms with Crippen molar-refractivity contribution >= 4 is 31.9 Å². The minimum Gasteiger partial charge on any atom is -0.457 e. The highest BCUT2D eigenvalue weighted by Gasteiger charge is 2.45. The van der Waals surface area contributed by atoms with E-state index in [9.17, 15) is 4.39 Å². The van der Waals surface area contributed by atoms with Crippen LogP contribution in [0, 0.1) is 17.1 Å². The average Bonchev–Trinajstić information content (AvgIpc) is 2.88. The minimum atomic E-state index is -0.525. The predicted molar refractivity (Wildman–Crippen MR) is 113 cm³/mol. The number of alkyl halides is 1. The average molecular weight is 499 g/mol. The molecule has 0 N–H and O–H groups in total. The van der Waals surface area contributed by atoms with Gasteiger partial charge in [-0.3, -0.25) is 0 Å². The Bertz CT molecular complexity index is 837. The van der Waals surface area contributed by atoms with Gasteiger partial charge >= 0.3 is 0 Å². The second-order valence-electron chi connectivity index (χ2n) is 6.53. The number of halogens is 3. The van der Waals surface area contributed by atoms with E-state index in [4.69, 9.17) is 14.7 Å². The third-order valence-electron chi connectivity index (χ3n) is 4.33. The Kier molecular flexibility index (Phi) is 7.44. The van der Waals surface area contributed by atoms with E-state index in [1.165, 1.54) is 18.2 Å². The van der Waals surface area contributed by atoms with Crippen LogP contribution in [0.15, 0.2) is 52.2 Å². The molecular weight excluding hydrogens is 477 g/mol. The summed E-state index contributed by atoms with van der Waals surface area (Å²) in [5, 5.41) is 9.06. The molecule has 27 heavy (non-hydrogen) atoms. The molecule has 0 bridgehead atoms. The molecule has 0 saturated heterocycles. The van der Waals surface area contributed by atoms with Gasteiger partial charge < -0.3 is 9.47 Å². The zero-order valence-corrected chi connectivity index (χ0v) is 18.8. The standard InChI is InChI=1S/C21H22Br2FNO2/c1-5-7-26-21(4)11-17(23)19(20(21)13(3)22)18(6-2)27-16-9-14(12-25)8-15(24)10-16/h6,8-10,17H,2,5,7,11H2,1,3-4H3/b19-18+,20-13-. The fourth-order valence-electron chi connectivity index (χ4n) is 3.29. The second-order valence-corrected chi connectivity index (χ2v) is 8.83. The molecule has 0 aliphatic heterocycles. The Morgan fingerprint density at radius 1 is 1.48 bits per heavy atom. The molecule has 2 atom stereocenters. The Morgan fingerprint density at radius 2 is 2.19 bits per heavy atom. The number of ether oxygens (including phenoxy) is 2. The van der Waals surface area contributed by atoms with Crippen molar-refractivity contribution < 1.29 is 13.9 Å². The number of nitrogens with zero attached hydrogens (tertiary/aromatic N) is 1. The summed E-state index contributed by atoms with van der Waals surface area (Å²) in [4.78, 5) is -0.0150. The van der Waals surface area contributed by atoms with Crippen molar-refractivity contribution in [1.82, 2.24) is 0 Å². The van der Waals surface area contributed by atoms with Crippen molar-refractivity contribution in [2.75, 3.05) is 6.61 Å². The maximum atomic E-state index is 13.8. The highest BCUT2D eigenvalue weighted by molar-refractivity contribution is 9.11. The number of rotatable bonds is 6. The van der Waals surface area contributed by atoms with E-state index in [0.29, 0.717) is 12.4 Å². The number of hydrogen-bond donors (Lipinski definition) is 0. The van der Waals surface area contributed by atoms with Gasteiger partial charge in [0.05, 0.1) is 17.2 Å². The molecule has 1 aliphatic rings. The summed E-state index contributed by atoms with van der Waals surface area (Å²) in [6.45, 7) is 10.6. The van der Waals surface area contributed by atoms with E-state index in [1.54, 1.807) is 6.08 Å². The SMILES string of the molecule is C=C/C(Oc1cc(F)cc(C#N)c1)=C1\C(=C(/C)Br)C(C)(OCCC)CC1Br. The molecule has 144 valence electrons. The van der Waals surface area contributed by atoms with Crippen LogP contribution in [-0.2, 0) is 4.74 Å². The molecule has 1 saturated carbocycles. The molecule has 2 rings (SSSR count). The van der Waals surface area contributed by atoms with E-state index in [2.05, 4.69) is 52.3 Å². The molecule has 3 nitrogen and oxygen atoms in total. The number of nitriles is 1. The molecule has 0 aromatic heterocycles. The van der Waals surface area contributed by atoms with Crippen molar-refractivity contribution in [3.05, 3.63) is 63.6 Å². The van der Waals surface area contributed by atoms with Gasteiger partial charge in [-0.25, -0.2) is 4.39 Å². The third-order valence-corrected chi connectivity index (χ3v) is 5.51. The molecular formula is C21H22Br2FNO2. The minimum absolute atomic E-state index is 0.0150. The van der Waals surface area contributed by atoms with Crippen LogP contribution in [0.5, 0.6) is 5.75 Å². The lowest BCUT2D eigenvalue weighted by Gasteiger charge is -2.27. The molecule has 0 amide bonds. The largest absolute Gasteiger partial charge is 0.457 e. The summed E-state index contributed by atoms with van der Waals surface area (Å²) in [5.41, 5.74) is 1.61. The summed E-state index contributed by atoms with van der Waals surface area (Å²) in [6, 6.07) is 5.85. The summed E-state index contributed by atoms with van der Waals surface area (Å²) in [7, 11) is 0. The Hall–Kier alpha value is -1.42. The molecule has 1 aromatic rings. The molecule has 1 aromatic carbocycles. The fourth-order valence-corrected chi connectivity index (χ4v) is 5.00. The summed E-state index contributed by atoms with van der Waals surface area (Å²) in [6.07, 6.45) is 3.25. The summed E-state index contributed by atoms with van der Waals surface area (Å²) >= 11 is 7.34. The van der Waals surface area contributed by atoms with Crippen LogP contribution >= 0.6 is 31.9 Å². The fraction of sp³-hybridized carbons (Fsp3) is 0.381. The highest BCUT2D eigenvalue weighted by atomic mass is 79.9. The van der Waals surface area contributed by atoms with Crippen LogP contribution in [0.3, 0.4) is 0 Å². The topological polar surface area (TPSA) is 42.2 Å². The van der Waals surface area contributed by atoms with Gasteiger partial charge in [-0.2, -0.15) is 5.26 Å². The van der Waals surface area contributed by atoms with Gasteiger partial charge in [-0.15, -0.1) is 0 Å².